The molecule has 3 nitrogen and oxygen atoms in total. The molecule has 0 spiro atoms. The van der Waals surface area contributed by atoms with Gasteiger partial charge in [-0.25, -0.2) is 0 Å². The van der Waals surface area contributed by atoms with Crippen LogP contribution >= 0.6 is 0 Å². The molecule has 0 saturated carbocycles. The van der Waals surface area contributed by atoms with Crippen LogP contribution in [0.2, 0.25) is 0 Å². The lowest BCUT2D eigenvalue weighted by atomic mass is 10.1. The molecule has 3 N–H and O–H groups in total. The Balaban J connectivity index is 0. The molecule has 1 atom stereocenters. The van der Waals surface area contributed by atoms with Crippen molar-refractivity contribution in [1.82, 2.24) is 5.32 Å². The number of hydrogen-bond donors (Lipinski definition) is 2. The molecule has 0 saturated heterocycles. The highest BCUT2D eigenvalue weighted by Crippen LogP contribution is 1.96. The Morgan fingerprint density at radius 2 is 2.15 bits per heavy atom. The van der Waals surface area contributed by atoms with Gasteiger partial charge in [0.2, 0.25) is 5.91 Å². The number of nitrogens with one attached hydrogen (secondary N) is 1. The molecule has 0 aliphatic carbocycles. The first-order valence-corrected chi connectivity index (χ1v) is 4.81. The summed E-state index contributed by atoms with van der Waals surface area (Å²) in [4.78, 5) is 10.7. The van der Waals surface area contributed by atoms with Crippen LogP contribution in [0.25, 0.3) is 0 Å². The maximum Gasteiger partial charge on any atom is 0.243 e. The highest BCUT2D eigenvalue weighted by atomic mass is 16.1. The quantitative estimate of drug-likeness (QED) is 0.636. The van der Waals surface area contributed by atoms with E-state index in [0.717, 1.165) is 6.42 Å². The van der Waals surface area contributed by atoms with Crippen molar-refractivity contribution in [2.45, 2.75) is 27.2 Å². The normalized spacial score (nSPS) is 10.8. The lowest BCUT2D eigenvalue weighted by Gasteiger charge is -2.09. The van der Waals surface area contributed by atoms with E-state index in [1.165, 1.54) is 6.08 Å². The van der Waals surface area contributed by atoms with E-state index < -0.39 is 0 Å². The van der Waals surface area contributed by atoms with Crippen LogP contribution in [0.1, 0.15) is 27.2 Å². The molecule has 0 fully saturated rings. The minimum Gasteiger partial charge on any atom is -0.352 e. The number of rotatable bonds is 5. The lowest BCUT2D eigenvalue weighted by Crippen LogP contribution is -2.27. The Morgan fingerprint density at radius 1 is 1.62 bits per heavy atom. The van der Waals surface area contributed by atoms with Crippen molar-refractivity contribution in [3.05, 3.63) is 12.7 Å². The molecule has 1 amide bonds. The van der Waals surface area contributed by atoms with Crippen molar-refractivity contribution in [1.29, 1.82) is 0 Å². The first-order valence-electron chi connectivity index (χ1n) is 4.81. The van der Waals surface area contributed by atoms with Crippen molar-refractivity contribution >= 4 is 5.91 Å². The van der Waals surface area contributed by atoms with Crippen molar-refractivity contribution in [2.75, 3.05) is 13.1 Å². The molecule has 0 aromatic rings. The van der Waals surface area contributed by atoms with E-state index in [1.807, 2.05) is 13.8 Å². The number of nitrogens with two attached hydrogens (primary N) is 1. The van der Waals surface area contributed by atoms with Crippen molar-refractivity contribution in [2.24, 2.45) is 11.7 Å². The van der Waals surface area contributed by atoms with Gasteiger partial charge in [-0.3, -0.25) is 4.79 Å². The molecular formula is C10H22N2O. The molecule has 0 radical (unpaired) electrons. The Labute approximate surface area is 81.4 Å². The molecule has 0 heterocycles. The minimum absolute atomic E-state index is 0.117. The van der Waals surface area contributed by atoms with Crippen LogP contribution in [0.15, 0.2) is 12.7 Å². The molecule has 0 aromatic carbocycles. The highest BCUT2D eigenvalue weighted by Gasteiger charge is 2.00. The van der Waals surface area contributed by atoms with Crippen molar-refractivity contribution < 1.29 is 4.79 Å². The molecule has 0 aliphatic rings. The second-order valence-corrected chi connectivity index (χ2v) is 2.63. The van der Waals surface area contributed by atoms with Gasteiger partial charge in [0, 0.05) is 6.54 Å². The van der Waals surface area contributed by atoms with Gasteiger partial charge in [-0.2, -0.15) is 0 Å². The summed E-state index contributed by atoms with van der Waals surface area (Å²) < 4.78 is 0. The van der Waals surface area contributed by atoms with E-state index in [4.69, 9.17) is 5.73 Å². The maximum atomic E-state index is 10.7. The van der Waals surface area contributed by atoms with E-state index in [9.17, 15) is 4.79 Å². The predicted octanol–water partition coefficient (Wildman–Crippen LogP) is 1.30. The number of hydrogen-bond acceptors (Lipinski definition) is 2. The molecule has 0 aromatic heterocycles. The van der Waals surface area contributed by atoms with Crippen LogP contribution in [0, 0.1) is 5.92 Å². The number of amides is 1. The molecule has 3 heteroatoms. The topological polar surface area (TPSA) is 55.1 Å². The van der Waals surface area contributed by atoms with Crippen molar-refractivity contribution in [3.63, 3.8) is 0 Å². The van der Waals surface area contributed by atoms with Crippen LogP contribution < -0.4 is 11.1 Å². The summed E-state index contributed by atoms with van der Waals surface area (Å²) in [5, 5.41) is 2.70. The van der Waals surface area contributed by atoms with E-state index >= 15 is 0 Å². The van der Waals surface area contributed by atoms with Crippen LogP contribution in [0.3, 0.4) is 0 Å². The first kappa shape index (κ1) is 14.7. The summed E-state index contributed by atoms with van der Waals surface area (Å²) in [5.41, 5.74) is 5.34. The third-order valence-corrected chi connectivity index (χ3v) is 1.47. The molecule has 0 bridgehead atoms. The zero-order chi connectivity index (χ0) is 10.7. The molecule has 78 valence electrons. The third-order valence-electron chi connectivity index (χ3n) is 1.47. The summed E-state index contributed by atoms with van der Waals surface area (Å²) in [5.74, 6) is 0.331. The predicted molar refractivity (Wildman–Crippen MR) is 57.4 cm³/mol. The van der Waals surface area contributed by atoms with Gasteiger partial charge < -0.3 is 11.1 Å². The fourth-order valence-corrected chi connectivity index (χ4v) is 0.734. The standard InChI is InChI=1S/C8H16N2O.C2H6/c1-3-8(11)10-6-7(2)4-5-9;1-2/h3,7H,1,4-6,9H2,2H3,(H,10,11);1-2H3. The molecule has 13 heavy (non-hydrogen) atoms. The van der Waals surface area contributed by atoms with Gasteiger partial charge in [0.05, 0.1) is 0 Å². The minimum atomic E-state index is -0.117. The zero-order valence-electron chi connectivity index (χ0n) is 8.97. The zero-order valence-corrected chi connectivity index (χ0v) is 8.97. The second kappa shape index (κ2) is 11.2. The van der Waals surface area contributed by atoms with Gasteiger partial charge in [-0.05, 0) is 25.0 Å². The first-order chi connectivity index (χ1) is 6.20. The summed E-state index contributed by atoms with van der Waals surface area (Å²) in [6, 6.07) is 0. The lowest BCUT2D eigenvalue weighted by molar-refractivity contribution is -0.116. The molecular weight excluding hydrogens is 164 g/mol. The second-order valence-electron chi connectivity index (χ2n) is 2.63. The molecule has 1 unspecified atom stereocenters. The SMILES string of the molecule is C=CC(=O)NCC(C)CCN.CC. The Kier molecular flexibility index (Phi) is 12.6. The number of carbonyl (C=O) groups is 1. The van der Waals surface area contributed by atoms with Gasteiger partial charge in [-0.15, -0.1) is 0 Å². The van der Waals surface area contributed by atoms with Gasteiger partial charge >= 0.3 is 0 Å². The smallest absolute Gasteiger partial charge is 0.243 e. The largest absolute Gasteiger partial charge is 0.352 e. The number of carbonyl (C=O) groups excluding carboxylic acids is 1. The summed E-state index contributed by atoms with van der Waals surface area (Å²) in [6.45, 7) is 10.8. The summed E-state index contributed by atoms with van der Waals surface area (Å²) in [7, 11) is 0. The molecule has 0 aliphatic heterocycles. The van der Waals surface area contributed by atoms with Gasteiger partial charge in [-0.1, -0.05) is 27.4 Å². The summed E-state index contributed by atoms with van der Waals surface area (Å²) in [6.07, 6.45) is 2.21. The van der Waals surface area contributed by atoms with Crippen LogP contribution in [-0.4, -0.2) is 19.0 Å². The Morgan fingerprint density at radius 3 is 2.54 bits per heavy atom. The molecule has 0 rings (SSSR count). The van der Waals surface area contributed by atoms with Gasteiger partial charge in [0.15, 0.2) is 0 Å². The van der Waals surface area contributed by atoms with Crippen molar-refractivity contribution in [3.8, 4) is 0 Å². The monoisotopic (exact) mass is 186 g/mol. The van der Waals surface area contributed by atoms with Crippen LogP contribution in [0.5, 0.6) is 0 Å². The van der Waals surface area contributed by atoms with Gasteiger partial charge in [0.25, 0.3) is 0 Å². The fraction of sp³-hybridized carbons (Fsp3) is 0.700. The van der Waals surface area contributed by atoms with E-state index in [-0.39, 0.29) is 5.91 Å². The third kappa shape index (κ3) is 11.2. The van der Waals surface area contributed by atoms with Gasteiger partial charge in [0.1, 0.15) is 0 Å². The average Bonchev–Trinajstić information content (AvgIpc) is 2.18. The Hall–Kier alpha value is -0.830. The average molecular weight is 186 g/mol. The fourth-order valence-electron chi connectivity index (χ4n) is 0.734. The van der Waals surface area contributed by atoms with E-state index in [1.54, 1.807) is 0 Å². The summed E-state index contributed by atoms with van der Waals surface area (Å²) >= 11 is 0. The Bertz CT molecular complexity index is 135. The van der Waals surface area contributed by atoms with Crippen LogP contribution in [0.4, 0.5) is 0 Å². The highest BCUT2D eigenvalue weighted by molar-refractivity contribution is 5.86. The van der Waals surface area contributed by atoms with Crippen LogP contribution in [-0.2, 0) is 4.79 Å². The van der Waals surface area contributed by atoms with E-state index in [2.05, 4.69) is 18.8 Å². The van der Waals surface area contributed by atoms with E-state index in [0.29, 0.717) is 19.0 Å². The maximum absolute atomic E-state index is 10.7.